The Morgan fingerprint density at radius 1 is 1.24 bits per heavy atom. The molecule has 1 atom stereocenters. The summed E-state index contributed by atoms with van der Waals surface area (Å²) < 4.78 is 0. The number of benzene rings is 2. The number of aliphatic hydroxyl groups is 1. The fourth-order valence-corrected chi connectivity index (χ4v) is 2.97. The molecule has 2 amide bonds. The van der Waals surface area contributed by atoms with Crippen LogP contribution in [-0.4, -0.2) is 22.2 Å². The van der Waals surface area contributed by atoms with Crippen molar-refractivity contribution in [1.29, 1.82) is 0 Å². The van der Waals surface area contributed by atoms with Crippen LogP contribution in [0.15, 0.2) is 42.5 Å². The molecule has 0 heterocycles. The summed E-state index contributed by atoms with van der Waals surface area (Å²) in [5.74, 6) is 0. The van der Waals surface area contributed by atoms with E-state index in [4.69, 9.17) is 0 Å². The van der Waals surface area contributed by atoms with Gasteiger partial charge in [0.05, 0.1) is 11.0 Å². The molecular weight excluding hydrogens is 322 g/mol. The van der Waals surface area contributed by atoms with Gasteiger partial charge in [-0.2, -0.15) is 0 Å². The zero-order chi connectivity index (χ0) is 17.8. The molecule has 0 saturated carbocycles. The Balaban J connectivity index is 1.61. The Morgan fingerprint density at radius 2 is 2.00 bits per heavy atom. The molecule has 0 aliphatic heterocycles. The highest BCUT2D eigenvalue weighted by Crippen LogP contribution is 2.28. The van der Waals surface area contributed by atoms with Crippen molar-refractivity contribution in [3.63, 3.8) is 0 Å². The first-order valence-electron chi connectivity index (χ1n) is 8.10. The maximum Gasteiger partial charge on any atom is 0.319 e. The minimum Gasteiger partial charge on any atom is -0.393 e. The van der Waals surface area contributed by atoms with Gasteiger partial charge in [-0.15, -0.1) is 0 Å². The average Bonchev–Trinajstić information content (AvgIpc) is 2.61. The lowest BCUT2D eigenvalue weighted by atomic mass is 9.88. The average molecular weight is 341 g/mol. The summed E-state index contributed by atoms with van der Waals surface area (Å²) in [6.07, 6.45) is 1.70. The molecule has 0 fully saturated rings. The number of nitro groups is 1. The van der Waals surface area contributed by atoms with Gasteiger partial charge in [0.25, 0.3) is 5.69 Å². The van der Waals surface area contributed by atoms with Crippen LogP contribution in [0.5, 0.6) is 0 Å². The number of hydrogen-bond donors (Lipinski definition) is 3. The molecule has 3 rings (SSSR count). The van der Waals surface area contributed by atoms with Gasteiger partial charge in [0.15, 0.2) is 0 Å². The molecule has 2 aromatic carbocycles. The van der Waals surface area contributed by atoms with Gasteiger partial charge in [-0.1, -0.05) is 24.3 Å². The number of nitrogens with zero attached hydrogens (tertiary/aromatic N) is 1. The van der Waals surface area contributed by atoms with Gasteiger partial charge < -0.3 is 15.7 Å². The van der Waals surface area contributed by atoms with E-state index in [0.29, 0.717) is 12.1 Å². The van der Waals surface area contributed by atoms with E-state index in [1.165, 1.54) is 12.1 Å². The Hall–Kier alpha value is -2.93. The first kappa shape index (κ1) is 16.9. The van der Waals surface area contributed by atoms with Crippen LogP contribution in [0.1, 0.15) is 23.1 Å². The van der Waals surface area contributed by atoms with Gasteiger partial charge in [-0.25, -0.2) is 4.79 Å². The minimum atomic E-state index is -0.461. The maximum absolute atomic E-state index is 12.1. The molecular formula is C18H19N3O4. The fourth-order valence-electron chi connectivity index (χ4n) is 2.97. The summed E-state index contributed by atoms with van der Waals surface area (Å²) in [5, 5.41) is 26.0. The van der Waals surface area contributed by atoms with Crippen LogP contribution in [-0.2, 0) is 19.4 Å². The number of nitro benzene ring substituents is 1. The van der Waals surface area contributed by atoms with Crippen molar-refractivity contribution >= 4 is 17.4 Å². The number of aliphatic hydroxyl groups excluding tert-OH is 1. The third kappa shape index (κ3) is 4.13. The third-order valence-corrected chi connectivity index (χ3v) is 4.31. The molecule has 25 heavy (non-hydrogen) atoms. The number of carbonyl (C=O) groups excluding carboxylic acids is 1. The first-order chi connectivity index (χ1) is 12.0. The summed E-state index contributed by atoms with van der Waals surface area (Å²) in [6, 6.07) is 11.4. The largest absolute Gasteiger partial charge is 0.393 e. The lowest BCUT2D eigenvalue weighted by molar-refractivity contribution is -0.384. The number of non-ortho nitro benzene ring substituents is 1. The van der Waals surface area contributed by atoms with Crippen LogP contribution < -0.4 is 10.6 Å². The Kier molecular flexibility index (Phi) is 4.95. The molecule has 0 radical (unpaired) electrons. The van der Waals surface area contributed by atoms with Crippen molar-refractivity contribution in [3.8, 4) is 0 Å². The highest BCUT2D eigenvalue weighted by Gasteiger charge is 2.19. The predicted molar refractivity (Wildman–Crippen MR) is 93.4 cm³/mol. The van der Waals surface area contributed by atoms with E-state index >= 15 is 0 Å². The molecule has 0 spiro atoms. The molecule has 7 heteroatoms. The summed E-state index contributed by atoms with van der Waals surface area (Å²) in [4.78, 5) is 22.3. The van der Waals surface area contributed by atoms with Crippen LogP contribution in [0, 0.1) is 10.1 Å². The minimum absolute atomic E-state index is 0.0164. The maximum atomic E-state index is 12.1. The Labute approximate surface area is 144 Å². The summed E-state index contributed by atoms with van der Waals surface area (Å²) in [7, 11) is 0. The number of urea groups is 1. The normalized spacial score (nSPS) is 16.0. The Morgan fingerprint density at radius 3 is 2.72 bits per heavy atom. The Bertz CT molecular complexity index is 789. The molecule has 0 aromatic heterocycles. The molecule has 1 unspecified atom stereocenters. The molecule has 7 nitrogen and oxygen atoms in total. The lowest BCUT2D eigenvalue weighted by Crippen LogP contribution is -2.29. The smallest absolute Gasteiger partial charge is 0.319 e. The van der Waals surface area contributed by atoms with E-state index in [0.717, 1.165) is 29.5 Å². The number of fused-ring (bicyclic) bond motifs is 1. The van der Waals surface area contributed by atoms with Crippen molar-refractivity contribution in [2.75, 3.05) is 5.32 Å². The molecule has 1 aliphatic carbocycles. The van der Waals surface area contributed by atoms with Crippen LogP contribution in [0.3, 0.4) is 0 Å². The number of hydrogen-bond acceptors (Lipinski definition) is 4. The standard InChI is InChI=1S/C18H19N3O4/c22-15-9-6-13-2-1-3-17(16(13)10-15)20-18(23)19-11-12-4-7-14(8-5-12)21(24)25/h1-5,7-8,15,22H,6,9-11H2,(H2,19,20,23). The van der Waals surface area contributed by atoms with Gasteiger partial charge in [0.1, 0.15) is 0 Å². The number of aryl methyl sites for hydroxylation is 1. The number of nitrogens with one attached hydrogen (secondary N) is 2. The van der Waals surface area contributed by atoms with Gasteiger partial charge in [0, 0.05) is 30.8 Å². The van der Waals surface area contributed by atoms with E-state index in [1.54, 1.807) is 12.1 Å². The van der Waals surface area contributed by atoms with E-state index in [1.807, 2.05) is 18.2 Å². The molecule has 0 bridgehead atoms. The van der Waals surface area contributed by atoms with E-state index in [2.05, 4.69) is 10.6 Å². The SMILES string of the molecule is O=C(NCc1ccc([N+](=O)[O-])cc1)Nc1cccc2c1CC(O)CC2. The second-order valence-corrected chi connectivity index (χ2v) is 6.07. The molecule has 2 aromatic rings. The molecule has 130 valence electrons. The second-order valence-electron chi connectivity index (χ2n) is 6.07. The van der Waals surface area contributed by atoms with Gasteiger partial charge in [-0.3, -0.25) is 10.1 Å². The number of anilines is 1. The van der Waals surface area contributed by atoms with E-state index in [9.17, 15) is 20.0 Å². The topological polar surface area (TPSA) is 104 Å². The van der Waals surface area contributed by atoms with Crippen molar-refractivity contribution in [2.45, 2.75) is 31.9 Å². The van der Waals surface area contributed by atoms with Crippen molar-refractivity contribution in [1.82, 2.24) is 5.32 Å². The van der Waals surface area contributed by atoms with Crippen molar-refractivity contribution in [2.24, 2.45) is 0 Å². The van der Waals surface area contributed by atoms with Gasteiger partial charge >= 0.3 is 6.03 Å². The van der Waals surface area contributed by atoms with Crippen LogP contribution >= 0.6 is 0 Å². The van der Waals surface area contributed by atoms with Crippen molar-refractivity contribution < 1.29 is 14.8 Å². The van der Waals surface area contributed by atoms with E-state index < -0.39 is 4.92 Å². The molecule has 1 aliphatic rings. The molecule has 3 N–H and O–H groups in total. The second kappa shape index (κ2) is 7.31. The highest BCUT2D eigenvalue weighted by molar-refractivity contribution is 5.90. The lowest BCUT2D eigenvalue weighted by Gasteiger charge is -2.23. The van der Waals surface area contributed by atoms with Crippen molar-refractivity contribution in [3.05, 3.63) is 69.3 Å². The zero-order valence-corrected chi connectivity index (χ0v) is 13.6. The van der Waals surface area contributed by atoms with Gasteiger partial charge in [0.2, 0.25) is 0 Å². The number of rotatable bonds is 4. The highest BCUT2D eigenvalue weighted by atomic mass is 16.6. The number of amides is 2. The molecule has 0 saturated heterocycles. The summed E-state index contributed by atoms with van der Waals surface area (Å²) in [6.45, 7) is 0.265. The summed E-state index contributed by atoms with van der Waals surface area (Å²) >= 11 is 0. The number of carbonyl (C=O) groups is 1. The first-order valence-corrected chi connectivity index (χ1v) is 8.10. The van der Waals surface area contributed by atoms with Gasteiger partial charge in [-0.05, 0) is 35.6 Å². The summed E-state index contributed by atoms with van der Waals surface area (Å²) in [5.41, 5.74) is 3.62. The third-order valence-electron chi connectivity index (χ3n) is 4.31. The van der Waals surface area contributed by atoms with E-state index in [-0.39, 0.29) is 24.4 Å². The monoisotopic (exact) mass is 341 g/mol. The van der Waals surface area contributed by atoms with Crippen LogP contribution in [0.2, 0.25) is 0 Å². The van der Waals surface area contributed by atoms with Crippen LogP contribution in [0.25, 0.3) is 0 Å². The quantitative estimate of drug-likeness (QED) is 0.587. The van der Waals surface area contributed by atoms with Crippen LogP contribution in [0.4, 0.5) is 16.2 Å². The fraction of sp³-hybridized carbons (Fsp3) is 0.278. The zero-order valence-electron chi connectivity index (χ0n) is 13.6. The predicted octanol–water partition coefficient (Wildman–Crippen LogP) is 2.77.